The van der Waals surface area contributed by atoms with Gasteiger partial charge in [-0.1, -0.05) is 128 Å². The van der Waals surface area contributed by atoms with Crippen molar-refractivity contribution in [3.05, 3.63) is 24.3 Å². The van der Waals surface area contributed by atoms with Crippen molar-refractivity contribution in [2.45, 2.75) is 168 Å². The van der Waals surface area contributed by atoms with Crippen molar-refractivity contribution >= 4 is 19.8 Å². The molecule has 1 unspecified atom stereocenters. The van der Waals surface area contributed by atoms with Gasteiger partial charge in [-0.05, 0) is 44.9 Å². The normalized spacial score (nSPS) is 14.0. The van der Waals surface area contributed by atoms with Crippen LogP contribution in [0.3, 0.4) is 0 Å². The standard InChI is InChI=1S/C39H74NO8P/c1-6-8-10-12-14-16-18-19-20-21-22-24-25-27-29-31-38(41)45-35-37(36-47-49(43,44)46-34-33-40(3,4)5)48-39(42)32-30-28-26-23-17-15-13-11-9-7-2/h14,16,19-20,37H,6-13,15,17-18,21-36H2,1-5H3/b16-14-,20-19-/t37-/m1/s1. The van der Waals surface area contributed by atoms with Crippen LogP contribution >= 0.6 is 7.82 Å². The van der Waals surface area contributed by atoms with Crippen molar-refractivity contribution in [2.75, 3.05) is 47.5 Å². The first-order chi connectivity index (χ1) is 23.5. The van der Waals surface area contributed by atoms with Crippen LogP contribution in [-0.4, -0.2) is 70.0 Å². The van der Waals surface area contributed by atoms with Gasteiger partial charge in [0.2, 0.25) is 0 Å². The third-order valence-electron chi connectivity index (χ3n) is 8.22. The van der Waals surface area contributed by atoms with Gasteiger partial charge >= 0.3 is 11.9 Å². The Morgan fingerprint density at radius 2 is 1.10 bits per heavy atom. The zero-order valence-corrected chi connectivity index (χ0v) is 33.0. The van der Waals surface area contributed by atoms with Gasteiger partial charge in [-0.15, -0.1) is 0 Å². The molecule has 0 rings (SSSR count). The van der Waals surface area contributed by atoms with Crippen molar-refractivity contribution in [1.29, 1.82) is 0 Å². The molecule has 0 aliphatic heterocycles. The summed E-state index contributed by atoms with van der Waals surface area (Å²) >= 11 is 0. The number of unbranched alkanes of at least 4 members (excludes halogenated alkanes) is 17. The molecule has 0 saturated carbocycles. The zero-order chi connectivity index (χ0) is 36.5. The second-order valence-corrected chi connectivity index (χ2v) is 15.7. The number of phosphoric acid groups is 1. The smallest absolute Gasteiger partial charge is 0.306 e. The molecule has 0 aromatic rings. The number of carbonyl (C=O) groups excluding carboxylic acids is 2. The summed E-state index contributed by atoms with van der Waals surface area (Å²) in [6, 6.07) is 0. The first-order valence-corrected chi connectivity index (χ1v) is 21.0. The van der Waals surface area contributed by atoms with Crippen LogP contribution in [0.1, 0.15) is 162 Å². The topological polar surface area (TPSA) is 111 Å². The Labute approximate surface area is 300 Å². The van der Waals surface area contributed by atoms with Crippen LogP contribution in [0.15, 0.2) is 24.3 Å². The number of hydrogen-bond donors (Lipinski definition) is 0. The van der Waals surface area contributed by atoms with Crippen molar-refractivity contribution in [1.82, 2.24) is 0 Å². The van der Waals surface area contributed by atoms with Gasteiger partial charge in [0.1, 0.15) is 19.8 Å². The van der Waals surface area contributed by atoms with Gasteiger partial charge in [0.25, 0.3) is 7.82 Å². The van der Waals surface area contributed by atoms with Gasteiger partial charge in [0, 0.05) is 12.8 Å². The largest absolute Gasteiger partial charge is 0.756 e. The maximum atomic E-state index is 12.6. The van der Waals surface area contributed by atoms with E-state index in [2.05, 4.69) is 38.2 Å². The zero-order valence-electron chi connectivity index (χ0n) is 32.1. The Balaban J connectivity index is 4.42. The van der Waals surface area contributed by atoms with Crippen LogP contribution in [0, 0.1) is 0 Å². The SMILES string of the molecule is CCCCC/C=C\C/C=C\CCCCCCCC(=O)OC[C@H](COP(=O)([O-])OCC[N+](C)(C)C)OC(=O)CCCCCCCCCCCC. The van der Waals surface area contributed by atoms with E-state index in [0.717, 1.165) is 57.8 Å². The fourth-order valence-corrected chi connectivity index (χ4v) is 5.82. The number of allylic oxidation sites excluding steroid dienone is 4. The molecule has 49 heavy (non-hydrogen) atoms. The molecule has 0 N–H and O–H groups in total. The number of hydrogen-bond acceptors (Lipinski definition) is 8. The third-order valence-corrected chi connectivity index (χ3v) is 9.19. The monoisotopic (exact) mass is 716 g/mol. The number of rotatable bonds is 35. The Morgan fingerprint density at radius 3 is 1.65 bits per heavy atom. The first-order valence-electron chi connectivity index (χ1n) is 19.5. The molecule has 0 radical (unpaired) electrons. The maximum absolute atomic E-state index is 12.6. The maximum Gasteiger partial charge on any atom is 0.306 e. The van der Waals surface area contributed by atoms with Crippen molar-refractivity contribution in [3.63, 3.8) is 0 Å². The molecule has 0 fully saturated rings. The lowest BCUT2D eigenvalue weighted by Crippen LogP contribution is -2.37. The van der Waals surface area contributed by atoms with E-state index in [0.29, 0.717) is 23.9 Å². The number of likely N-dealkylation sites (N-methyl/N-ethyl adjacent to an activating group) is 1. The van der Waals surface area contributed by atoms with E-state index < -0.39 is 32.5 Å². The molecular formula is C39H74NO8P. The molecule has 0 aromatic heterocycles. The van der Waals surface area contributed by atoms with E-state index in [4.69, 9.17) is 18.5 Å². The van der Waals surface area contributed by atoms with Gasteiger partial charge in [0.05, 0.1) is 27.7 Å². The minimum Gasteiger partial charge on any atom is -0.756 e. The lowest BCUT2D eigenvalue weighted by molar-refractivity contribution is -0.870. The van der Waals surface area contributed by atoms with E-state index in [-0.39, 0.29) is 26.1 Å². The highest BCUT2D eigenvalue weighted by Crippen LogP contribution is 2.38. The number of carbonyl (C=O) groups is 2. The lowest BCUT2D eigenvalue weighted by Gasteiger charge is -2.28. The molecule has 0 amide bonds. The van der Waals surface area contributed by atoms with Crippen LogP contribution in [0.2, 0.25) is 0 Å². The van der Waals surface area contributed by atoms with E-state index in [1.807, 2.05) is 21.1 Å². The summed E-state index contributed by atoms with van der Waals surface area (Å²) in [7, 11) is 1.16. The Morgan fingerprint density at radius 1 is 0.633 bits per heavy atom. The lowest BCUT2D eigenvalue weighted by atomic mass is 10.1. The molecular weight excluding hydrogens is 641 g/mol. The molecule has 10 heteroatoms. The van der Waals surface area contributed by atoms with Crippen molar-refractivity contribution < 1.29 is 42.1 Å². The van der Waals surface area contributed by atoms with E-state index >= 15 is 0 Å². The Kier molecular flexibility index (Phi) is 31.4. The summed E-state index contributed by atoms with van der Waals surface area (Å²) in [6.07, 6.45) is 32.0. The van der Waals surface area contributed by atoms with E-state index in [1.54, 1.807) is 0 Å². The molecule has 2 atom stereocenters. The van der Waals surface area contributed by atoms with Crippen LogP contribution in [0.4, 0.5) is 0 Å². The molecule has 0 aromatic carbocycles. The summed E-state index contributed by atoms with van der Waals surface area (Å²) in [5.74, 6) is -0.851. The third kappa shape index (κ3) is 36.1. The molecule has 0 saturated heterocycles. The molecule has 0 aliphatic carbocycles. The predicted molar refractivity (Wildman–Crippen MR) is 199 cm³/mol. The highest BCUT2D eigenvalue weighted by Gasteiger charge is 2.21. The quantitative estimate of drug-likeness (QED) is 0.0210. The van der Waals surface area contributed by atoms with Gasteiger partial charge in [0.15, 0.2) is 6.10 Å². The molecule has 0 aliphatic rings. The molecule has 288 valence electrons. The van der Waals surface area contributed by atoms with Gasteiger partial charge in [-0.3, -0.25) is 14.2 Å². The minimum atomic E-state index is -4.61. The molecule has 9 nitrogen and oxygen atoms in total. The van der Waals surface area contributed by atoms with E-state index in [1.165, 1.54) is 64.2 Å². The second-order valence-electron chi connectivity index (χ2n) is 14.3. The van der Waals surface area contributed by atoms with Gasteiger partial charge in [-0.25, -0.2) is 0 Å². The Bertz CT molecular complexity index is 902. The van der Waals surface area contributed by atoms with Crippen LogP contribution in [0.25, 0.3) is 0 Å². The van der Waals surface area contributed by atoms with Crippen LogP contribution in [0.5, 0.6) is 0 Å². The predicted octanol–water partition coefficient (Wildman–Crippen LogP) is 9.77. The summed E-state index contributed by atoms with van der Waals surface area (Å²) in [4.78, 5) is 37.3. The highest BCUT2D eigenvalue weighted by molar-refractivity contribution is 7.45. The van der Waals surface area contributed by atoms with Crippen LogP contribution in [-0.2, 0) is 32.7 Å². The van der Waals surface area contributed by atoms with Crippen LogP contribution < -0.4 is 4.89 Å². The molecule has 0 heterocycles. The average Bonchev–Trinajstić information content (AvgIpc) is 3.04. The van der Waals surface area contributed by atoms with E-state index in [9.17, 15) is 19.0 Å². The van der Waals surface area contributed by atoms with Crippen molar-refractivity contribution in [2.24, 2.45) is 0 Å². The average molecular weight is 716 g/mol. The number of nitrogens with zero attached hydrogens (tertiary/aromatic N) is 1. The number of esters is 2. The fourth-order valence-electron chi connectivity index (χ4n) is 5.09. The first kappa shape index (κ1) is 47.5. The summed E-state index contributed by atoms with van der Waals surface area (Å²) in [5, 5.41) is 0. The highest BCUT2D eigenvalue weighted by atomic mass is 31.2. The summed E-state index contributed by atoms with van der Waals surface area (Å²) in [5.41, 5.74) is 0. The summed E-state index contributed by atoms with van der Waals surface area (Å²) < 4.78 is 33.7. The minimum absolute atomic E-state index is 0.0317. The fraction of sp³-hybridized carbons (Fsp3) is 0.846. The number of quaternary nitrogens is 1. The number of ether oxygens (including phenoxy) is 2. The second kappa shape index (κ2) is 32.4. The van der Waals surface area contributed by atoms with Crippen molar-refractivity contribution in [3.8, 4) is 0 Å². The molecule has 0 bridgehead atoms. The molecule has 0 spiro atoms. The number of phosphoric ester groups is 1. The van der Waals surface area contributed by atoms with Gasteiger partial charge in [-0.2, -0.15) is 0 Å². The Hall–Kier alpha value is -1.51. The summed E-state index contributed by atoms with van der Waals surface area (Å²) in [6.45, 7) is 4.15. The van der Waals surface area contributed by atoms with Gasteiger partial charge < -0.3 is 27.9 Å².